The van der Waals surface area contributed by atoms with E-state index in [1.54, 1.807) is 0 Å². The molecular formula is C16H31N. The van der Waals surface area contributed by atoms with Crippen LogP contribution in [0.1, 0.15) is 65.7 Å². The van der Waals surface area contributed by atoms with Gasteiger partial charge in [0.2, 0.25) is 0 Å². The highest BCUT2D eigenvalue weighted by Gasteiger charge is 2.38. The molecule has 0 aromatic carbocycles. The van der Waals surface area contributed by atoms with Crippen LogP contribution < -0.4 is 5.32 Å². The van der Waals surface area contributed by atoms with Gasteiger partial charge in [0.15, 0.2) is 0 Å². The molecule has 1 heteroatoms. The summed E-state index contributed by atoms with van der Waals surface area (Å²) >= 11 is 0. The molecule has 0 spiro atoms. The van der Waals surface area contributed by atoms with Crippen LogP contribution in [0.3, 0.4) is 0 Å². The Bertz CT molecular complexity index is 226. The molecule has 0 heterocycles. The van der Waals surface area contributed by atoms with E-state index in [0.717, 1.165) is 36.3 Å². The molecule has 0 radical (unpaired) electrons. The topological polar surface area (TPSA) is 12.0 Å². The summed E-state index contributed by atoms with van der Waals surface area (Å²) in [6.07, 6.45) is 10.4. The van der Waals surface area contributed by atoms with Crippen LogP contribution >= 0.6 is 0 Å². The summed E-state index contributed by atoms with van der Waals surface area (Å²) in [7, 11) is 0. The van der Waals surface area contributed by atoms with Gasteiger partial charge in [-0.05, 0) is 49.5 Å². The summed E-state index contributed by atoms with van der Waals surface area (Å²) in [5.74, 6) is 4.02. The Labute approximate surface area is 108 Å². The van der Waals surface area contributed by atoms with Crippen molar-refractivity contribution in [2.24, 2.45) is 23.7 Å². The van der Waals surface area contributed by atoms with Gasteiger partial charge in [0, 0.05) is 6.04 Å². The molecule has 2 saturated carbocycles. The minimum absolute atomic E-state index is 0.812. The average molecular weight is 237 g/mol. The van der Waals surface area contributed by atoms with Crippen molar-refractivity contribution in [2.45, 2.75) is 71.8 Å². The van der Waals surface area contributed by atoms with Crippen LogP contribution in [0.2, 0.25) is 0 Å². The maximum Gasteiger partial charge on any atom is 0.00954 e. The lowest BCUT2D eigenvalue weighted by Crippen LogP contribution is -2.34. The third-order valence-corrected chi connectivity index (χ3v) is 5.59. The Balaban J connectivity index is 1.89. The molecule has 0 saturated heterocycles. The van der Waals surface area contributed by atoms with Crippen molar-refractivity contribution < 1.29 is 0 Å². The van der Waals surface area contributed by atoms with Gasteiger partial charge < -0.3 is 5.32 Å². The summed E-state index contributed by atoms with van der Waals surface area (Å²) in [4.78, 5) is 0. The van der Waals surface area contributed by atoms with Crippen molar-refractivity contribution >= 4 is 0 Å². The monoisotopic (exact) mass is 237 g/mol. The van der Waals surface area contributed by atoms with Gasteiger partial charge in [-0.3, -0.25) is 0 Å². The van der Waals surface area contributed by atoms with E-state index in [1.165, 1.54) is 44.9 Å². The first kappa shape index (κ1) is 13.4. The minimum Gasteiger partial charge on any atom is -0.314 e. The molecular weight excluding hydrogens is 206 g/mol. The van der Waals surface area contributed by atoms with Gasteiger partial charge in [0.1, 0.15) is 0 Å². The Kier molecular flexibility index (Phi) is 4.90. The second-order valence-electron chi connectivity index (χ2n) is 6.47. The van der Waals surface area contributed by atoms with Gasteiger partial charge in [-0.25, -0.2) is 0 Å². The van der Waals surface area contributed by atoms with E-state index in [9.17, 15) is 0 Å². The van der Waals surface area contributed by atoms with Crippen LogP contribution in [0.25, 0.3) is 0 Å². The van der Waals surface area contributed by atoms with Crippen LogP contribution in [0, 0.1) is 23.7 Å². The molecule has 2 aliphatic rings. The predicted molar refractivity (Wildman–Crippen MR) is 75.1 cm³/mol. The molecule has 2 aliphatic carbocycles. The van der Waals surface area contributed by atoms with Gasteiger partial charge >= 0.3 is 0 Å². The molecule has 17 heavy (non-hydrogen) atoms. The Morgan fingerprint density at radius 3 is 2.59 bits per heavy atom. The Hall–Kier alpha value is -0.0400. The summed E-state index contributed by atoms with van der Waals surface area (Å²) in [6.45, 7) is 8.27. The smallest absolute Gasteiger partial charge is 0.00954 e. The molecule has 2 fully saturated rings. The Morgan fingerprint density at radius 2 is 1.88 bits per heavy atom. The zero-order valence-electron chi connectivity index (χ0n) is 12.0. The number of rotatable bonds is 4. The first-order valence-electron chi connectivity index (χ1n) is 7.99. The van der Waals surface area contributed by atoms with Crippen LogP contribution in [-0.4, -0.2) is 12.6 Å². The molecule has 0 aromatic heterocycles. The van der Waals surface area contributed by atoms with Crippen molar-refractivity contribution in [1.82, 2.24) is 5.32 Å². The predicted octanol–water partition coefficient (Wildman–Crippen LogP) is 4.23. The van der Waals surface area contributed by atoms with Gasteiger partial charge in [-0.15, -0.1) is 0 Å². The highest BCUT2D eigenvalue weighted by molar-refractivity contribution is 4.91. The molecule has 5 unspecified atom stereocenters. The average Bonchev–Trinajstić information content (AvgIpc) is 2.72. The lowest BCUT2D eigenvalue weighted by Gasteiger charge is -2.35. The molecule has 1 nitrogen and oxygen atoms in total. The molecule has 100 valence electrons. The van der Waals surface area contributed by atoms with E-state index in [0.29, 0.717) is 0 Å². The van der Waals surface area contributed by atoms with Gasteiger partial charge in [-0.2, -0.15) is 0 Å². The fourth-order valence-corrected chi connectivity index (χ4v) is 4.50. The number of hydrogen-bond acceptors (Lipinski definition) is 1. The molecule has 0 bridgehead atoms. The van der Waals surface area contributed by atoms with Crippen LogP contribution in [0.4, 0.5) is 0 Å². The third-order valence-electron chi connectivity index (χ3n) is 5.59. The quantitative estimate of drug-likeness (QED) is 0.771. The lowest BCUT2D eigenvalue weighted by molar-refractivity contribution is 0.160. The number of hydrogen-bond donors (Lipinski definition) is 1. The fraction of sp³-hybridized carbons (Fsp3) is 1.00. The maximum absolute atomic E-state index is 3.69. The number of nitrogens with one attached hydrogen (secondary N) is 1. The fourth-order valence-electron chi connectivity index (χ4n) is 4.50. The lowest BCUT2D eigenvalue weighted by atomic mass is 9.71. The summed E-state index contributed by atoms with van der Waals surface area (Å²) in [5, 5.41) is 3.69. The van der Waals surface area contributed by atoms with E-state index in [2.05, 4.69) is 26.1 Å². The second-order valence-corrected chi connectivity index (χ2v) is 6.47. The normalized spacial score (nSPS) is 42.9. The van der Waals surface area contributed by atoms with Crippen molar-refractivity contribution in [3.05, 3.63) is 0 Å². The SMILES string of the molecule is CCNC1CCC(C2CCCC(CC)C2)C1C. The first-order chi connectivity index (χ1) is 8.26. The van der Waals surface area contributed by atoms with E-state index in [4.69, 9.17) is 0 Å². The maximum atomic E-state index is 3.69. The van der Waals surface area contributed by atoms with Crippen molar-refractivity contribution in [3.63, 3.8) is 0 Å². The highest BCUT2D eigenvalue weighted by atomic mass is 14.9. The molecule has 1 N–H and O–H groups in total. The summed E-state index contributed by atoms with van der Waals surface area (Å²) in [5.41, 5.74) is 0. The standard InChI is InChI=1S/C16H31N/c1-4-13-7-6-8-14(11-13)15-9-10-16(12(15)3)17-5-2/h12-17H,4-11H2,1-3H3. The zero-order chi connectivity index (χ0) is 12.3. The van der Waals surface area contributed by atoms with Crippen molar-refractivity contribution in [3.8, 4) is 0 Å². The molecule has 0 amide bonds. The second kappa shape index (κ2) is 6.22. The summed E-state index contributed by atoms with van der Waals surface area (Å²) in [6, 6.07) is 0.812. The molecule has 0 aromatic rings. The summed E-state index contributed by atoms with van der Waals surface area (Å²) < 4.78 is 0. The molecule has 0 aliphatic heterocycles. The van der Waals surface area contributed by atoms with Crippen LogP contribution in [-0.2, 0) is 0 Å². The van der Waals surface area contributed by atoms with E-state index < -0.39 is 0 Å². The van der Waals surface area contributed by atoms with E-state index in [1.807, 2.05) is 0 Å². The van der Waals surface area contributed by atoms with Crippen LogP contribution in [0.15, 0.2) is 0 Å². The first-order valence-corrected chi connectivity index (χ1v) is 7.99. The zero-order valence-corrected chi connectivity index (χ0v) is 12.0. The highest BCUT2D eigenvalue weighted by Crippen LogP contribution is 2.44. The van der Waals surface area contributed by atoms with Crippen molar-refractivity contribution in [1.29, 1.82) is 0 Å². The van der Waals surface area contributed by atoms with Gasteiger partial charge in [0.25, 0.3) is 0 Å². The van der Waals surface area contributed by atoms with E-state index >= 15 is 0 Å². The molecule has 5 atom stereocenters. The Morgan fingerprint density at radius 1 is 1.06 bits per heavy atom. The van der Waals surface area contributed by atoms with E-state index in [-0.39, 0.29) is 0 Å². The molecule has 2 rings (SSSR count). The minimum atomic E-state index is 0.812. The van der Waals surface area contributed by atoms with Gasteiger partial charge in [0.05, 0.1) is 0 Å². The van der Waals surface area contributed by atoms with Crippen LogP contribution in [0.5, 0.6) is 0 Å². The largest absolute Gasteiger partial charge is 0.314 e. The third kappa shape index (κ3) is 3.05. The van der Waals surface area contributed by atoms with Crippen molar-refractivity contribution in [2.75, 3.05) is 6.54 Å². The van der Waals surface area contributed by atoms with Gasteiger partial charge in [-0.1, -0.05) is 46.5 Å².